The van der Waals surface area contributed by atoms with Crippen molar-refractivity contribution in [1.82, 2.24) is 4.90 Å². The van der Waals surface area contributed by atoms with Crippen molar-refractivity contribution in [2.45, 2.75) is 37.6 Å². The number of carbonyl (C=O) groups excluding carboxylic acids is 1. The van der Waals surface area contributed by atoms with Crippen LogP contribution < -0.4 is 0 Å². The van der Waals surface area contributed by atoms with E-state index in [0.717, 1.165) is 11.3 Å². The Morgan fingerprint density at radius 1 is 1.30 bits per heavy atom. The molecule has 3 nitrogen and oxygen atoms in total. The second-order valence-corrected chi connectivity index (χ2v) is 7.84. The minimum absolute atomic E-state index is 0.141. The predicted octanol–water partition coefficient (Wildman–Crippen LogP) is 4.53. The van der Waals surface area contributed by atoms with Crippen molar-refractivity contribution < 1.29 is 9.21 Å². The third-order valence-corrected chi connectivity index (χ3v) is 6.66. The lowest BCUT2D eigenvalue weighted by molar-refractivity contribution is -0.0276. The summed E-state index contributed by atoms with van der Waals surface area (Å²) in [4.78, 5) is 15.5. The summed E-state index contributed by atoms with van der Waals surface area (Å²) in [6, 6.07) is 7.48. The third kappa shape index (κ3) is 2.03. The number of ketones is 1. The van der Waals surface area contributed by atoms with E-state index >= 15 is 0 Å². The molecule has 2 bridgehead atoms. The van der Waals surface area contributed by atoms with E-state index < -0.39 is 0 Å². The van der Waals surface area contributed by atoms with E-state index in [1.54, 1.807) is 6.07 Å². The quantitative estimate of drug-likeness (QED) is 0.775. The van der Waals surface area contributed by atoms with Crippen LogP contribution in [0.25, 0.3) is 11.0 Å². The van der Waals surface area contributed by atoms with Gasteiger partial charge in [-0.3, -0.25) is 9.69 Å². The van der Waals surface area contributed by atoms with Gasteiger partial charge in [0, 0.05) is 17.3 Å². The number of hydrogen-bond acceptors (Lipinski definition) is 3. The van der Waals surface area contributed by atoms with E-state index in [0.29, 0.717) is 34.2 Å². The molecule has 4 aliphatic rings. The van der Waals surface area contributed by atoms with Gasteiger partial charge in [0.15, 0.2) is 17.1 Å². The van der Waals surface area contributed by atoms with Gasteiger partial charge >= 0.3 is 0 Å². The number of rotatable bonds is 3. The van der Waals surface area contributed by atoms with E-state index in [-0.39, 0.29) is 5.78 Å². The maximum absolute atomic E-state index is 12.8. The first kappa shape index (κ1) is 14.1. The summed E-state index contributed by atoms with van der Waals surface area (Å²) in [6.07, 6.45) is 5.68. The molecule has 4 fully saturated rings. The largest absolute Gasteiger partial charge is 0.451 e. The molecule has 0 radical (unpaired) electrons. The van der Waals surface area contributed by atoms with Crippen molar-refractivity contribution in [1.29, 1.82) is 0 Å². The molecule has 0 unspecified atom stereocenters. The van der Waals surface area contributed by atoms with Gasteiger partial charge in [-0.2, -0.15) is 0 Å². The standard InChI is InChI=1S/C19H20ClNO2/c20-15-3-1-2-13-10-17(23-18(13)15)16(22)11-14-12-4-8-21(9-5-12)19(14)6-7-19/h1-3,10,12,14H,4-9,11H2/t14-/m1/s1. The van der Waals surface area contributed by atoms with Gasteiger partial charge in [0.25, 0.3) is 0 Å². The summed E-state index contributed by atoms with van der Waals surface area (Å²) in [7, 11) is 0. The van der Waals surface area contributed by atoms with Gasteiger partial charge in [0.2, 0.25) is 0 Å². The van der Waals surface area contributed by atoms with E-state index in [1.807, 2.05) is 18.2 Å². The lowest BCUT2D eigenvalue weighted by atomic mass is 9.70. The number of fused-ring (bicyclic) bond motifs is 3. The number of nitrogens with zero attached hydrogens (tertiary/aromatic N) is 1. The van der Waals surface area contributed by atoms with Crippen molar-refractivity contribution in [3.8, 4) is 0 Å². The van der Waals surface area contributed by atoms with Gasteiger partial charge in [0.05, 0.1) is 5.02 Å². The predicted molar refractivity (Wildman–Crippen MR) is 89.9 cm³/mol. The van der Waals surface area contributed by atoms with Crippen LogP contribution in [0.2, 0.25) is 5.02 Å². The first-order valence-corrected chi connectivity index (χ1v) is 9.01. The molecular formula is C19H20ClNO2. The van der Waals surface area contributed by atoms with Crippen LogP contribution in [0.15, 0.2) is 28.7 Å². The highest BCUT2D eigenvalue weighted by Gasteiger charge is 2.60. The molecule has 4 heterocycles. The Morgan fingerprint density at radius 3 is 2.78 bits per heavy atom. The molecule has 1 saturated carbocycles. The van der Waals surface area contributed by atoms with Crippen LogP contribution in [0.4, 0.5) is 0 Å². The molecule has 4 heteroatoms. The highest BCUT2D eigenvalue weighted by Crippen LogP contribution is 2.58. The van der Waals surface area contributed by atoms with Crippen LogP contribution in [0.5, 0.6) is 0 Å². The number of benzene rings is 1. The molecule has 1 spiro atoms. The number of piperidine rings is 3. The van der Waals surface area contributed by atoms with Crippen LogP contribution >= 0.6 is 11.6 Å². The van der Waals surface area contributed by atoms with Crippen molar-refractivity contribution in [3.63, 3.8) is 0 Å². The summed E-state index contributed by atoms with van der Waals surface area (Å²) in [5.41, 5.74) is 0.980. The zero-order valence-corrected chi connectivity index (χ0v) is 13.8. The summed E-state index contributed by atoms with van der Waals surface area (Å²) in [5, 5.41) is 1.49. The molecule has 23 heavy (non-hydrogen) atoms. The van der Waals surface area contributed by atoms with E-state index in [9.17, 15) is 4.79 Å². The van der Waals surface area contributed by atoms with Crippen molar-refractivity contribution in [2.75, 3.05) is 13.1 Å². The Kier molecular flexibility index (Phi) is 2.96. The van der Waals surface area contributed by atoms with Gasteiger partial charge in [0.1, 0.15) is 0 Å². The fraction of sp³-hybridized carbons (Fsp3) is 0.526. The summed E-state index contributed by atoms with van der Waals surface area (Å²) in [5.74, 6) is 1.85. The lowest BCUT2D eigenvalue weighted by Crippen LogP contribution is -2.57. The van der Waals surface area contributed by atoms with E-state index in [2.05, 4.69) is 4.90 Å². The number of hydrogen-bond donors (Lipinski definition) is 0. The Bertz CT molecular complexity index is 784. The molecule has 3 saturated heterocycles. The molecule has 2 aromatic rings. The number of furan rings is 1. The Labute approximate surface area is 140 Å². The smallest absolute Gasteiger partial charge is 0.198 e. The summed E-state index contributed by atoms with van der Waals surface area (Å²) in [6.45, 7) is 2.46. The number of Topliss-reactive ketones (excluding diaryl/α,β-unsaturated/α-hetero) is 1. The molecule has 0 N–H and O–H groups in total. The molecule has 120 valence electrons. The molecule has 6 rings (SSSR count). The normalized spacial score (nSPS) is 30.9. The molecule has 1 aromatic carbocycles. The van der Waals surface area contributed by atoms with Gasteiger partial charge < -0.3 is 4.42 Å². The minimum atomic E-state index is 0.141. The Balaban J connectivity index is 1.43. The number of carbonyl (C=O) groups is 1. The second-order valence-electron chi connectivity index (χ2n) is 7.43. The topological polar surface area (TPSA) is 33.5 Å². The fourth-order valence-corrected chi connectivity index (χ4v) is 5.28. The zero-order valence-electron chi connectivity index (χ0n) is 13.1. The van der Waals surface area contributed by atoms with E-state index in [1.165, 1.54) is 38.8 Å². The zero-order chi connectivity index (χ0) is 15.6. The molecule has 3 aliphatic heterocycles. The Hall–Kier alpha value is -1.32. The number of para-hydroxylation sites is 1. The van der Waals surface area contributed by atoms with Gasteiger partial charge in [-0.25, -0.2) is 0 Å². The summed E-state index contributed by atoms with van der Waals surface area (Å²) >= 11 is 6.16. The first-order valence-electron chi connectivity index (χ1n) is 8.64. The van der Waals surface area contributed by atoms with Crippen LogP contribution in [0.1, 0.15) is 42.7 Å². The second kappa shape index (κ2) is 4.84. The minimum Gasteiger partial charge on any atom is -0.451 e. The molecule has 1 aliphatic carbocycles. The maximum atomic E-state index is 12.8. The first-order chi connectivity index (χ1) is 11.2. The maximum Gasteiger partial charge on any atom is 0.198 e. The molecule has 1 atom stereocenters. The van der Waals surface area contributed by atoms with Gasteiger partial charge in [-0.1, -0.05) is 23.7 Å². The fourth-order valence-electron chi connectivity index (χ4n) is 5.06. The highest BCUT2D eigenvalue weighted by molar-refractivity contribution is 6.34. The van der Waals surface area contributed by atoms with Crippen molar-refractivity contribution in [3.05, 3.63) is 35.0 Å². The number of halogens is 1. The monoisotopic (exact) mass is 329 g/mol. The summed E-state index contributed by atoms with van der Waals surface area (Å²) < 4.78 is 5.78. The van der Waals surface area contributed by atoms with E-state index in [4.69, 9.17) is 16.0 Å². The van der Waals surface area contributed by atoms with Crippen molar-refractivity contribution in [2.24, 2.45) is 11.8 Å². The molecular weight excluding hydrogens is 310 g/mol. The SMILES string of the molecule is O=C(C[C@@H]1C2CCN(CC2)C12CC2)c1cc2cccc(Cl)c2o1. The lowest BCUT2D eigenvalue weighted by Gasteiger charge is -2.52. The molecule has 1 aromatic heterocycles. The third-order valence-electron chi connectivity index (χ3n) is 6.37. The van der Waals surface area contributed by atoms with Crippen LogP contribution in [0.3, 0.4) is 0 Å². The van der Waals surface area contributed by atoms with Crippen LogP contribution in [-0.2, 0) is 0 Å². The highest BCUT2D eigenvalue weighted by atomic mass is 35.5. The molecule has 0 amide bonds. The average Bonchev–Trinajstić information content (AvgIpc) is 3.21. The van der Waals surface area contributed by atoms with Crippen LogP contribution in [-0.4, -0.2) is 29.3 Å². The van der Waals surface area contributed by atoms with Gasteiger partial charge in [-0.15, -0.1) is 0 Å². The van der Waals surface area contributed by atoms with Crippen molar-refractivity contribution >= 4 is 28.4 Å². The average molecular weight is 330 g/mol. The Morgan fingerprint density at radius 2 is 2.09 bits per heavy atom. The van der Waals surface area contributed by atoms with Gasteiger partial charge in [-0.05, 0) is 62.7 Å². The van der Waals surface area contributed by atoms with Crippen LogP contribution in [0, 0.1) is 11.8 Å².